The van der Waals surface area contributed by atoms with E-state index < -0.39 is 0 Å². The highest BCUT2D eigenvalue weighted by atomic mass is 16.5. The van der Waals surface area contributed by atoms with Gasteiger partial charge >= 0.3 is 0 Å². The summed E-state index contributed by atoms with van der Waals surface area (Å²) >= 11 is 0. The lowest BCUT2D eigenvalue weighted by molar-refractivity contribution is 0.0168. The quantitative estimate of drug-likeness (QED) is 0.857. The van der Waals surface area contributed by atoms with E-state index in [4.69, 9.17) is 14.2 Å². The van der Waals surface area contributed by atoms with Crippen LogP contribution in [0.4, 0.5) is 0 Å². The van der Waals surface area contributed by atoms with Gasteiger partial charge in [0.25, 0.3) is 0 Å². The first kappa shape index (κ1) is 14.2. The van der Waals surface area contributed by atoms with E-state index in [0.717, 1.165) is 31.2 Å². The van der Waals surface area contributed by atoms with Crippen molar-refractivity contribution in [3.8, 4) is 11.5 Å². The van der Waals surface area contributed by atoms with Crippen molar-refractivity contribution in [2.45, 2.75) is 31.9 Å². The van der Waals surface area contributed by atoms with Gasteiger partial charge in [0.05, 0.1) is 20.3 Å². The van der Waals surface area contributed by atoms with Crippen LogP contribution in [0.3, 0.4) is 0 Å². The van der Waals surface area contributed by atoms with E-state index in [1.807, 2.05) is 12.1 Å². The van der Waals surface area contributed by atoms with Crippen LogP contribution >= 0.6 is 0 Å². The van der Waals surface area contributed by atoms with Crippen LogP contribution in [0.1, 0.15) is 24.8 Å². The Bertz CT molecular complexity index is 389. The van der Waals surface area contributed by atoms with E-state index in [1.165, 1.54) is 24.8 Å². The molecule has 1 N–H and O–H groups in total. The fourth-order valence-corrected chi connectivity index (χ4v) is 2.34. The molecule has 0 spiro atoms. The summed E-state index contributed by atoms with van der Waals surface area (Å²) in [5.41, 5.74) is 1.19. The summed E-state index contributed by atoms with van der Waals surface area (Å²) in [6.07, 6.45) is 4.02. The summed E-state index contributed by atoms with van der Waals surface area (Å²) in [4.78, 5) is 0. The van der Waals surface area contributed by atoms with Gasteiger partial charge in [0, 0.05) is 19.7 Å². The van der Waals surface area contributed by atoms with Crippen molar-refractivity contribution < 1.29 is 14.2 Å². The van der Waals surface area contributed by atoms with Crippen LogP contribution in [0, 0.1) is 0 Å². The molecule has 1 unspecified atom stereocenters. The average molecular weight is 265 g/mol. The van der Waals surface area contributed by atoms with Crippen molar-refractivity contribution in [2.75, 3.05) is 27.4 Å². The zero-order chi connectivity index (χ0) is 13.5. The molecular weight excluding hydrogens is 242 g/mol. The van der Waals surface area contributed by atoms with Gasteiger partial charge in [0.15, 0.2) is 11.5 Å². The smallest absolute Gasteiger partial charge is 0.161 e. The largest absolute Gasteiger partial charge is 0.493 e. The topological polar surface area (TPSA) is 39.7 Å². The van der Waals surface area contributed by atoms with E-state index in [9.17, 15) is 0 Å². The van der Waals surface area contributed by atoms with Gasteiger partial charge in [-0.05, 0) is 37.0 Å². The normalized spacial score (nSPS) is 19.2. The molecule has 0 radical (unpaired) electrons. The van der Waals surface area contributed by atoms with Crippen molar-refractivity contribution in [1.29, 1.82) is 0 Å². The van der Waals surface area contributed by atoms with E-state index in [0.29, 0.717) is 6.10 Å². The Morgan fingerprint density at radius 1 is 1.21 bits per heavy atom. The summed E-state index contributed by atoms with van der Waals surface area (Å²) in [6, 6.07) is 6.00. The van der Waals surface area contributed by atoms with E-state index in [-0.39, 0.29) is 0 Å². The van der Waals surface area contributed by atoms with Gasteiger partial charge in [-0.2, -0.15) is 0 Å². The molecule has 1 fully saturated rings. The Labute approximate surface area is 115 Å². The van der Waals surface area contributed by atoms with Gasteiger partial charge in [0.1, 0.15) is 0 Å². The fraction of sp³-hybridized carbons (Fsp3) is 0.600. The van der Waals surface area contributed by atoms with Crippen LogP contribution < -0.4 is 14.8 Å². The molecule has 1 atom stereocenters. The summed E-state index contributed by atoms with van der Waals surface area (Å²) in [5.74, 6) is 1.54. The van der Waals surface area contributed by atoms with Crippen molar-refractivity contribution in [2.24, 2.45) is 0 Å². The minimum Gasteiger partial charge on any atom is -0.493 e. The Morgan fingerprint density at radius 2 is 2.05 bits per heavy atom. The first-order chi connectivity index (χ1) is 9.33. The van der Waals surface area contributed by atoms with Crippen LogP contribution in [0.2, 0.25) is 0 Å². The summed E-state index contributed by atoms with van der Waals surface area (Å²) in [5, 5.41) is 3.44. The zero-order valence-electron chi connectivity index (χ0n) is 11.8. The maximum atomic E-state index is 5.69. The lowest BCUT2D eigenvalue weighted by atomic mass is 10.1. The molecule has 1 aromatic carbocycles. The molecule has 106 valence electrons. The number of methoxy groups -OCH3 is 2. The summed E-state index contributed by atoms with van der Waals surface area (Å²) in [6.45, 7) is 2.64. The molecule has 0 amide bonds. The lowest BCUT2D eigenvalue weighted by Crippen LogP contribution is -2.31. The minimum absolute atomic E-state index is 0.369. The average Bonchev–Trinajstić information content (AvgIpc) is 2.48. The molecule has 4 nitrogen and oxygen atoms in total. The minimum atomic E-state index is 0.369. The molecule has 1 aromatic rings. The second-order valence-corrected chi connectivity index (χ2v) is 4.81. The SMILES string of the molecule is COc1ccc(CNCC2CCCCO2)cc1OC. The predicted molar refractivity (Wildman–Crippen MR) is 74.8 cm³/mol. The molecule has 1 saturated heterocycles. The first-order valence-corrected chi connectivity index (χ1v) is 6.86. The Hall–Kier alpha value is -1.26. The molecule has 2 rings (SSSR count). The molecule has 1 aliphatic rings. The maximum absolute atomic E-state index is 5.69. The highest BCUT2D eigenvalue weighted by Gasteiger charge is 2.13. The third-order valence-electron chi connectivity index (χ3n) is 3.42. The zero-order valence-corrected chi connectivity index (χ0v) is 11.8. The van der Waals surface area contributed by atoms with Crippen LogP contribution in [0.5, 0.6) is 11.5 Å². The first-order valence-electron chi connectivity index (χ1n) is 6.86. The molecule has 1 aliphatic heterocycles. The number of hydrogen-bond acceptors (Lipinski definition) is 4. The Morgan fingerprint density at radius 3 is 2.74 bits per heavy atom. The van der Waals surface area contributed by atoms with E-state index >= 15 is 0 Å². The van der Waals surface area contributed by atoms with Gasteiger partial charge in [-0.15, -0.1) is 0 Å². The molecule has 1 heterocycles. The lowest BCUT2D eigenvalue weighted by Gasteiger charge is -2.22. The predicted octanol–water partition coefficient (Wildman–Crippen LogP) is 2.36. The summed E-state index contributed by atoms with van der Waals surface area (Å²) < 4.78 is 16.2. The number of hydrogen-bond donors (Lipinski definition) is 1. The third-order valence-corrected chi connectivity index (χ3v) is 3.42. The van der Waals surface area contributed by atoms with Crippen molar-refractivity contribution >= 4 is 0 Å². The molecule has 0 aromatic heterocycles. The molecule has 0 aliphatic carbocycles. The van der Waals surface area contributed by atoms with Gasteiger partial charge in [0.2, 0.25) is 0 Å². The number of rotatable bonds is 6. The molecule has 19 heavy (non-hydrogen) atoms. The van der Waals surface area contributed by atoms with Crippen molar-refractivity contribution in [1.82, 2.24) is 5.32 Å². The second kappa shape index (κ2) is 7.36. The Balaban J connectivity index is 1.81. The highest BCUT2D eigenvalue weighted by molar-refractivity contribution is 5.42. The Kier molecular flexibility index (Phi) is 5.48. The molecule has 0 bridgehead atoms. The van der Waals surface area contributed by atoms with Crippen molar-refractivity contribution in [3.05, 3.63) is 23.8 Å². The van der Waals surface area contributed by atoms with Gasteiger partial charge in [-0.1, -0.05) is 6.07 Å². The number of ether oxygens (including phenoxy) is 3. The highest BCUT2D eigenvalue weighted by Crippen LogP contribution is 2.27. The van der Waals surface area contributed by atoms with E-state index in [2.05, 4.69) is 11.4 Å². The maximum Gasteiger partial charge on any atom is 0.161 e. The van der Waals surface area contributed by atoms with Gasteiger partial charge < -0.3 is 19.5 Å². The van der Waals surface area contributed by atoms with Gasteiger partial charge in [-0.25, -0.2) is 0 Å². The second-order valence-electron chi connectivity index (χ2n) is 4.81. The number of benzene rings is 1. The van der Waals surface area contributed by atoms with Crippen molar-refractivity contribution in [3.63, 3.8) is 0 Å². The molecule has 4 heteroatoms. The van der Waals surface area contributed by atoms with Crippen LogP contribution in [0.15, 0.2) is 18.2 Å². The third kappa shape index (κ3) is 4.11. The standard InChI is InChI=1S/C15H23NO3/c1-17-14-7-6-12(9-15(14)18-2)10-16-11-13-5-3-4-8-19-13/h6-7,9,13,16H,3-5,8,10-11H2,1-2H3. The van der Waals surface area contributed by atoms with E-state index in [1.54, 1.807) is 14.2 Å². The van der Waals surface area contributed by atoms with Crippen LogP contribution in [0.25, 0.3) is 0 Å². The van der Waals surface area contributed by atoms with Crippen LogP contribution in [-0.2, 0) is 11.3 Å². The molecule has 0 saturated carbocycles. The monoisotopic (exact) mass is 265 g/mol. The van der Waals surface area contributed by atoms with Gasteiger partial charge in [-0.3, -0.25) is 0 Å². The number of nitrogens with one attached hydrogen (secondary N) is 1. The summed E-state index contributed by atoms with van der Waals surface area (Å²) in [7, 11) is 3.31. The van der Waals surface area contributed by atoms with Crippen LogP contribution in [-0.4, -0.2) is 33.5 Å². The molecular formula is C15H23NO3. The fourth-order valence-electron chi connectivity index (χ4n) is 2.34.